The van der Waals surface area contributed by atoms with Crippen molar-refractivity contribution in [3.63, 3.8) is 0 Å². The number of hydrogen-bond donors (Lipinski definition) is 0. The second-order valence-electron chi connectivity index (χ2n) is 18.3. The van der Waals surface area contributed by atoms with Gasteiger partial charge in [-0.2, -0.15) is 0 Å². The minimum Gasteiger partial charge on any atom is -0.457 e. The average Bonchev–Trinajstić information content (AvgIpc) is 4.09. The fraction of sp³-hybridized carbons (Fsp3) is 0.218. The molecule has 6 aromatic carbocycles. The molecule has 1 spiro atoms. The van der Waals surface area contributed by atoms with E-state index in [-0.39, 0.29) is 0 Å². The third-order valence-corrected chi connectivity index (χ3v) is 15.5. The van der Waals surface area contributed by atoms with Gasteiger partial charge in [-0.05, 0) is 126 Å². The van der Waals surface area contributed by atoms with Gasteiger partial charge in [0.25, 0.3) is 0 Å². The van der Waals surface area contributed by atoms with Crippen LogP contribution in [0.15, 0.2) is 156 Å². The molecule has 60 heavy (non-hydrogen) atoms. The second kappa shape index (κ2) is 12.0. The highest BCUT2D eigenvalue weighted by atomic mass is 16.5. The number of allylic oxidation sites excluding steroid dienone is 4. The first-order valence-electron chi connectivity index (χ1n) is 21.8. The van der Waals surface area contributed by atoms with E-state index in [1.165, 1.54) is 71.1 Å². The number of fused-ring (bicyclic) bond motifs is 12. The molecule has 1 aliphatic heterocycles. The van der Waals surface area contributed by atoms with Crippen molar-refractivity contribution >= 4 is 27.5 Å². The third-order valence-electron chi connectivity index (χ3n) is 15.5. The molecular weight excluding hydrogens is 735 g/mol. The normalized spacial score (nSPS) is 23.6. The van der Waals surface area contributed by atoms with Gasteiger partial charge >= 0.3 is 0 Å². The maximum Gasteiger partial charge on any atom is 0.164 e. The van der Waals surface area contributed by atoms with Crippen molar-refractivity contribution in [2.75, 3.05) is 0 Å². The van der Waals surface area contributed by atoms with Gasteiger partial charge in [-0.25, -0.2) is 15.0 Å². The van der Waals surface area contributed by atoms with Crippen LogP contribution in [0.1, 0.15) is 72.8 Å². The lowest BCUT2D eigenvalue weighted by Gasteiger charge is -2.41. The van der Waals surface area contributed by atoms with Gasteiger partial charge in [0.2, 0.25) is 0 Å². The van der Waals surface area contributed by atoms with Crippen LogP contribution in [-0.4, -0.2) is 15.0 Å². The SMILES string of the molecule is C1=CC2=C(CC1)C1(c3ccccc3Oc3ccccc31)c1cccc(-c3nc(-c4ccc(C56CC7[C@H](CC[C@H]7C5)C6)cc4)nc(-c4ccc5c(c4)oc4ccccc45)n3)c12. The molecule has 2 bridgehead atoms. The zero-order chi connectivity index (χ0) is 39.2. The Hall–Kier alpha value is -6.59. The quantitative estimate of drug-likeness (QED) is 0.178. The minimum absolute atomic E-state index is 0.341. The van der Waals surface area contributed by atoms with Crippen LogP contribution in [0.4, 0.5) is 0 Å². The van der Waals surface area contributed by atoms with E-state index in [0.717, 1.165) is 80.7 Å². The van der Waals surface area contributed by atoms with E-state index in [0.29, 0.717) is 22.9 Å². The van der Waals surface area contributed by atoms with Crippen LogP contribution in [0.2, 0.25) is 0 Å². The lowest BCUT2D eigenvalue weighted by molar-refractivity contribution is 0.308. The van der Waals surface area contributed by atoms with E-state index in [4.69, 9.17) is 24.1 Å². The molecule has 5 nitrogen and oxygen atoms in total. The summed E-state index contributed by atoms with van der Waals surface area (Å²) in [6.07, 6.45) is 13.5. The Morgan fingerprint density at radius 2 is 1.23 bits per heavy atom. The smallest absolute Gasteiger partial charge is 0.164 e. The fourth-order valence-electron chi connectivity index (χ4n) is 13.1. The molecule has 3 heterocycles. The molecule has 3 saturated carbocycles. The number of rotatable bonds is 4. The lowest BCUT2D eigenvalue weighted by Crippen LogP contribution is -2.33. The van der Waals surface area contributed by atoms with Crippen LogP contribution in [0.5, 0.6) is 11.5 Å². The van der Waals surface area contributed by atoms with E-state index in [1.54, 1.807) is 0 Å². The first-order chi connectivity index (χ1) is 29.6. The Bertz CT molecular complexity index is 3140. The van der Waals surface area contributed by atoms with Crippen molar-refractivity contribution in [1.29, 1.82) is 0 Å². The minimum atomic E-state index is -0.504. The zero-order valence-corrected chi connectivity index (χ0v) is 33.2. The van der Waals surface area contributed by atoms with Gasteiger partial charge in [0.15, 0.2) is 17.5 Å². The van der Waals surface area contributed by atoms with Gasteiger partial charge in [-0.3, -0.25) is 0 Å². The molecule has 0 N–H and O–H groups in total. The molecule has 14 rings (SSSR count). The Balaban J connectivity index is 0.979. The van der Waals surface area contributed by atoms with Crippen molar-refractivity contribution in [1.82, 2.24) is 15.0 Å². The zero-order valence-electron chi connectivity index (χ0n) is 33.2. The van der Waals surface area contributed by atoms with Crippen molar-refractivity contribution in [3.8, 4) is 45.7 Å². The van der Waals surface area contributed by atoms with Gasteiger partial charge in [-0.1, -0.05) is 115 Å². The molecule has 3 fully saturated rings. The van der Waals surface area contributed by atoms with E-state index in [1.807, 2.05) is 12.1 Å². The summed E-state index contributed by atoms with van der Waals surface area (Å²) in [5.74, 6) is 6.57. The second-order valence-corrected chi connectivity index (χ2v) is 18.3. The van der Waals surface area contributed by atoms with Crippen molar-refractivity contribution in [3.05, 3.63) is 179 Å². The molecule has 6 aliphatic rings. The molecule has 5 aliphatic carbocycles. The van der Waals surface area contributed by atoms with Crippen LogP contribution < -0.4 is 4.74 Å². The average molecular weight is 776 g/mol. The molecule has 288 valence electrons. The molecule has 2 aromatic heterocycles. The monoisotopic (exact) mass is 775 g/mol. The van der Waals surface area contributed by atoms with E-state index in [9.17, 15) is 0 Å². The van der Waals surface area contributed by atoms with Gasteiger partial charge in [0, 0.05) is 38.6 Å². The van der Waals surface area contributed by atoms with Gasteiger partial charge in [-0.15, -0.1) is 0 Å². The van der Waals surface area contributed by atoms with Gasteiger partial charge < -0.3 is 9.15 Å². The molecule has 0 amide bonds. The van der Waals surface area contributed by atoms with E-state index >= 15 is 0 Å². The van der Waals surface area contributed by atoms with Crippen LogP contribution in [-0.2, 0) is 10.8 Å². The number of nitrogens with zero attached hydrogens (tertiary/aromatic N) is 3. The molecule has 8 aromatic rings. The molecular formula is C55H41N3O2. The van der Waals surface area contributed by atoms with Crippen molar-refractivity contribution in [2.24, 2.45) is 17.8 Å². The summed E-state index contributed by atoms with van der Waals surface area (Å²) in [6.45, 7) is 0. The van der Waals surface area contributed by atoms with Crippen molar-refractivity contribution < 1.29 is 9.15 Å². The highest BCUT2D eigenvalue weighted by Crippen LogP contribution is 2.67. The largest absolute Gasteiger partial charge is 0.457 e. The third kappa shape index (κ3) is 4.39. The highest BCUT2D eigenvalue weighted by Gasteiger charge is 2.58. The predicted octanol–water partition coefficient (Wildman–Crippen LogP) is 13.4. The summed E-state index contributed by atoms with van der Waals surface area (Å²) in [7, 11) is 0. The summed E-state index contributed by atoms with van der Waals surface area (Å²) >= 11 is 0. The number of aromatic nitrogens is 3. The molecule has 4 atom stereocenters. The first kappa shape index (κ1) is 33.3. The fourth-order valence-corrected chi connectivity index (χ4v) is 13.1. The van der Waals surface area contributed by atoms with Gasteiger partial charge in [0.1, 0.15) is 22.7 Å². The van der Waals surface area contributed by atoms with Crippen LogP contribution in [0.25, 0.3) is 61.7 Å². The Morgan fingerprint density at radius 3 is 2.02 bits per heavy atom. The lowest BCUT2D eigenvalue weighted by atomic mass is 9.64. The number of para-hydroxylation sites is 3. The molecule has 5 heteroatoms. The number of benzene rings is 6. The predicted molar refractivity (Wildman–Crippen MR) is 237 cm³/mol. The van der Waals surface area contributed by atoms with Crippen molar-refractivity contribution in [2.45, 2.75) is 55.8 Å². The molecule has 0 saturated heterocycles. The Morgan fingerprint density at radius 1 is 0.567 bits per heavy atom. The van der Waals surface area contributed by atoms with Gasteiger partial charge in [0.05, 0.1) is 5.41 Å². The van der Waals surface area contributed by atoms with Crippen LogP contribution in [0, 0.1) is 17.8 Å². The van der Waals surface area contributed by atoms with E-state index < -0.39 is 5.41 Å². The highest BCUT2D eigenvalue weighted by molar-refractivity contribution is 6.06. The summed E-state index contributed by atoms with van der Waals surface area (Å²) < 4.78 is 13.0. The topological polar surface area (TPSA) is 61.0 Å². The number of hydrogen-bond acceptors (Lipinski definition) is 5. The Kier molecular flexibility index (Phi) is 6.66. The number of ether oxygens (including phenoxy) is 1. The molecule has 0 radical (unpaired) electrons. The summed E-state index contributed by atoms with van der Waals surface area (Å²) in [6, 6.07) is 47.8. The first-order valence-corrected chi connectivity index (χ1v) is 21.8. The standard InChI is InChI=1S/C55H41N3O2/c1-3-13-42-39(11-1)50-40(12-9-16-45(50)55(42)43-14-4-7-18-47(43)60-48-19-8-5-15-44(48)55)53-57-51(32-22-25-36(26-23-32)54-29-34-20-21-35(30-54)41(34)31-54)56-52(58-53)33-24-27-38-37-10-2-6-17-46(37)59-49(38)28-33/h1-2,4-12,14-19,22-28,34-35,41H,3,13,20-21,29-31H2/t34-,35+,41?,54?. The summed E-state index contributed by atoms with van der Waals surface area (Å²) in [5, 5.41) is 2.19. The maximum absolute atomic E-state index is 6.64. The molecule has 2 unspecified atom stereocenters. The summed E-state index contributed by atoms with van der Waals surface area (Å²) in [4.78, 5) is 16.1. The maximum atomic E-state index is 6.64. The summed E-state index contributed by atoms with van der Waals surface area (Å²) in [5.41, 5.74) is 13.4. The van der Waals surface area contributed by atoms with Crippen LogP contribution >= 0.6 is 0 Å². The Labute approximate surface area is 348 Å². The van der Waals surface area contributed by atoms with E-state index in [2.05, 4.69) is 133 Å². The number of furan rings is 1. The van der Waals surface area contributed by atoms with Crippen LogP contribution in [0.3, 0.4) is 0 Å².